The van der Waals surface area contributed by atoms with E-state index in [0.29, 0.717) is 22.9 Å². The lowest BCUT2D eigenvalue weighted by Crippen LogP contribution is -2.49. The van der Waals surface area contributed by atoms with Gasteiger partial charge in [-0.15, -0.1) is 0 Å². The monoisotopic (exact) mass is 496 g/mol. The smallest absolute Gasteiger partial charge is 0.271 e. The van der Waals surface area contributed by atoms with Crippen molar-refractivity contribution in [3.63, 3.8) is 0 Å². The number of nitrogens with zero attached hydrogens (tertiary/aromatic N) is 2. The van der Waals surface area contributed by atoms with Crippen LogP contribution in [-0.4, -0.2) is 42.7 Å². The molecule has 2 heterocycles. The van der Waals surface area contributed by atoms with Crippen LogP contribution < -0.4 is 4.74 Å². The van der Waals surface area contributed by atoms with Crippen LogP contribution in [0.5, 0.6) is 5.75 Å². The molecular formula is C25H21ClN2O5S. The quantitative estimate of drug-likeness (QED) is 0.461. The van der Waals surface area contributed by atoms with Gasteiger partial charge in [0.15, 0.2) is 9.84 Å². The van der Waals surface area contributed by atoms with Gasteiger partial charge in [-0.2, -0.15) is 5.26 Å². The molecule has 2 aromatic rings. The summed E-state index contributed by atoms with van der Waals surface area (Å²) in [6.07, 6.45) is 1.76. The molecule has 0 aliphatic carbocycles. The number of hydrogen-bond donors (Lipinski definition) is 0. The summed E-state index contributed by atoms with van der Waals surface area (Å²) in [6, 6.07) is 15.5. The average molecular weight is 497 g/mol. The summed E-state index contributed by atoms with van der Waals surface area (Å²) in [7, 11) is -3.33. The van der Waals surface area contributed by atoms with Gasteiger partial charge in [-0.3, -0.25) is 14.5 Å². The van der Waals surface area contributed by atoms with E-state index in [1.807, 2.05) is 24.3 Å². The lowest BCUT2D eigenvalue weighted by Gasteiger charge is -2.31. The highest BCUT2D eigenvalue weighted by molar-refractivity contribution is 7.91. The molecule has 1 atom stereocenters. The molecule has 0 N–H and O–H groups in total. The van der Waals surface area contributed by atoms with Gasteiger partial charge in [-0.1, -0.05) is 41.9 Å². The van der Waals surface area contributed by atoms with Gasteiger partial charge in [-0.25, -0.2) is 8.42 Å². The maximum absolute atomic E-state index is 13.2. The van der Waals surface area contributed by atoms with Crippen LogP contribution in [0.3, 0.4) is 0 Å². The van der Waals surface area contributed by atoms with E-state index in [4.69, 9.17) is 16.3 Å². The first-order valence-corrected chi connectivity index (χ1v) is 12.8. The number of halogens is 1. The zero-order valence-electron chi connectivity index (χ0n) is 18.3. The summed E-state index contributed by atoms with van der Waals surface area (Å²) in [5.41, 5.74) is 1.82. The molecule has 0 bridgehead atoms. The Labute approximate surface area is 202 Å². The molecule has 4 rings (SSSR count). The molecule has 9 heteroatoms. The van der Waals surface area contributed by atoms with Gasteiger partial charge in [0.2, 0.25) is 0 Å². The van der Waals surface area contributed by atoms with Crippen molar-refractivity contribution in [1.29, 1.82) is 5.26 Å². The van der Waals surface area contributed by atoms with Crippen LogP contribution in [0.15, 0.2) is 65.3 Å². The van der Waals surface area contributed by atoms with E-state index in [0.717, 1.165) is 10.5 Å². The Kier molecular flexibility index (Phi) is 6.60. The normalized spacial score (nSPS) is 21.1. The lowest BCUT2D eigenvalue weighted by molar-refractivity contribution is -0.142. The molecule has 1 fully saturated rings. The Morgan fingerprint density at radius 3 is 2.47 bits per heavy atom. The largest absolute Gasteiger partial charge is 0.489 e. The topological polar surface area (TPSA) is 105 Å². The third-order valence-electron chi connectivity index (χ3n) is 5.89. The third kappa shape index (κ3) is 4.76. The maximum atomic E-state index is 13.2. The predicted molar refractivity (Wildman–Crippen MR) is 127 cm³/mol. The fourth-order valence-corrected chi connectivity index (χ4v) is 5.90. The third-order valence-corrected chi connectivity index (χ3v) is 8.01. The molecule has 0 unspecified atom stereocenters. The summed E-state index contributed by atoms with van der Waals surface area (Å²) in [4.78, 5) is 27.0. The van der Waals surface area contributed by atoms with Crippen molar-refractivity contribution in [1.82, 2.24) is 4.90 Å². The second-order valence-corrected chi connectivity index (χ2v) is 10.8. The number of imide groups is 1. The van der Waals surface area contributed by atoms with Crippen molar-refractivity contribution in [2.45, 2.75) is 26.0 Å². The molecule has 0 spiro atoms. The van der Waals surface area contributed by atoms with Crippen molar-refractivity contribution in [2.24, 2.45) is 0 Å². The van der Waals surface area contributed by atoms with Crippen molar-refractivity contribution >= 4 is 39.3 Å². The van der Waals surface area contributed by atoms with Gasteiger partial charge in [0, 0.05) is 16.2 Å². The second kappa shape index (κ2) is 9.45. The molecule has 1 saturated heterocycles. The number of carbonyl (C=O) groups is 2. The van der Waals surface area contributed by atoms with E-state index in [9.17, 15) is 23.3 Å². The highest BCUT2D eigenvalue weighted by atomic mass is 35.5. The Morgan fingerprint density at radius 1 is 1.15 bits per heavy atom. The molecule has 2 aliphatic rings. The van der Waals surface area contributed by atoms with Gasteiger partial charge in [-0.05, 0) is 48.8 Å². The highest BCUT2D eigenvalue weighted by Gasteiger charge is 2.43. The Hall–Kier alpha value is -3.41. The zero-order valence-corrected chi connectivity index (χ0v) is 19.9. The number of amides is 2. The van der Waals surface area contributed by atoms with Crippen LogP contribution in [-0.2, 0) is 26.0 Å². The van der Waals surface area contributed by atoms with Crippen molar-refractivity contribution in [3.8, 4) is 11.8 Å². The zero-order chi connectivity index (χ0) is 24.5. The van der Waals surface area contributed by atoms with Gasteiger partial charge in [0.25, 0.3) is 11.8 Å². The molecule has 2 aliphatic heterocycles. The minimum absolute atomic E-state index is 0.0893. The molecule has 174 valence electrons. The molecule has 34 heavy (non-hydrogen) atoms. The van der Waals surface area contributed by atoms with E-state index in [1.54, 1.807) is 43.3 Å². The Bertz CT molecular complexity index is 1370. The van der Waals surface area contributed by atoms with E-state index in [1.165, 1.54) is 0 Å². The van der Waals surface area contributed by atoms with Crippen LogP contribution in [0, 0.1) is 11.3 Å². The lowest BCUT2D eigenvalue weighted by atomic mass is 9.92. The number of hydrogen-bond acceptors (Lipinski definition) is 6. The average Bonchev–Trinajstić information content (AvgIpc) is 3.16. The fraction of sp³-hybridized carbons (Fsp3) is 0.240. The maximum Gasteiger partial charge on any atom is 0.271 e. The van der Waals surface area contributed by atoms with Gasteiger partial charge in [0.05, 0.1) is 17.5 Å². The molecule has 7 nitrogen and oxygen atoms in total. The number of sulfone groups is 1. The number of carbonyl (C=O) groups excluding carboxylic acids is 2. The first-order valence-electron chi connectivity index (χ1n) is 10.6. The summed E-state index contributed by atoms with van der Waals surface area (Å²) < 4.78 is 29.6. The van der Waals surface area contributed by atoms with Crippen LogP contribution in [0.1, 0.15) is 24.5 Å². The van der Waals surface area contributed by atoms with Crippen molar-refractivity contribution in [2.75, 3.05) is 11.5 Å². The standard InChI is InChI=1S/C25H21ClN2O5S/c1-16-21(24(29)28(25(30)22(16)13-27)19-10-11-34(31,32)15-19)12-17-6-8-20(9-7-17)33-14-18-4-2-3-5-23(18)26/h2-9,12,19H,10-11,14-15H2,1H3/b21-12-/t19-/m0/s1. The van der Waals surface area contributed by atoms with E-state index >= 15 is 0 Å². The fourth-order valence-electron chi connectivity index (χ4n) is 4.01. The van der Waals surface area contributed by atoms with Crippen LogP contribution in [0.2, 0.25) is 5.02 Å². The Morgan fingerprint density at radius 2 is 1.85 bits per heavy atom. The predicted octanol–water partition coefficient (Wildman–Crippen LogP) is 3.70. The summed E-state index contributed by atoms with van der Waals surface area (Å²) in [5.74, 6) is -1.11. The van der Waals surface area contributed by atoms with Crippen molar-refractivity contribution < 1.29 is 22.7 Å². The molecule has 2 amide bonds. The molecule has 0 aromatic heterocycles. The first kappa shape index (κ1) is 23.7. The molecule has 0 radical (unpaired) electrons. The molecule has 2 aromatic carbocycles. The molecule has 0 saturated carbocycles. The van der Waals surface area contributed by atoms with Gasteiger partial charge >= 0.3 is 0 Å². The summed E-state index contributed by atoms with van der Waals surface area (Å²) in [5, 5.41) is 10.2. The minimum Gasteiger partial charge on any atom is -0.489 e. The van der Waals surface area contributed by atoms with E-state index in [2.05, 4.69) is 0 Å². The van der Waals surface area contributed by atoms with Gasteiger partial charge in [0.1, 0.15) is 24.0 Å². The Balaban J connectivity index is 1.58. The van der Waals surface area contributed by atoms with Gasteiger partial charge < -0.3 is 4.74 Å². The summed E-state index contributed by atoms with van der Waals surface area (Å²) >= 11 is 6.15. The first-order chi connectivity index (χ1) is 16.2. The van der Waals surface area contributed by atoms with Crippen LogP contribution >= 0.6 is 11.6 Å². The van der Waals surface area contributed by atoms with Crippen LogP contribution in [0.4, 0.5) is 0 Å². The van der Waals surface area contributed by atoms with E-state index < -0.39 is 27.7 Å². The molecular weight excluding hydrogens is 476 g/mol. The minimum atomic E-state index is -3.33. The summed E-state index contributed by atoms with van der Waals surface area (Å²) in [6.45, 7) is 1.84. The van der Waals surface area contributed by atoms with Crippen molar-refractivity contribution in [3.05, 3.63) is 81.4 Å². The number of ether oxygens (including phenoxy) is 1. The van der Waals surface area contributed by atoms with E-state index in [-0.39, 0.29) is 34.6 Å². The number of rotatable bonds is 5. The second-order valence-electron chi connectivity index (χ2n) is 8.16. The van der Waals surface area contributed by atoms with Crippen LogP contribution in [0.25, 0.3) is 6.08 Å². The number of nitriles is 1. The SMILES string of the molecule is CC1=C(C#N)C(=O)N([C@H]2CCS(=O)(=O)C2)C(=O)/C1=C\c1ccc(OCc2ccccc2Cl)cc1. The highest BCUT2D eigenvalue weighted by Crippen LogP contribution is 2.31. The number of benzene rings is 2.